The van der Waals surface area contributed by atoms with E-state index < -0.39 is 5.41 Å². The van der Waals surface area contributed by atoms with E-state index in [1.54, 1.807) is 12.0 Å². The molecule has 0 fully saturated rings. The number of H-pyrrole nitrogens is 1. The van der Waals surface area contributed by atoms with Crippen molar-refractivity contribution in [1.82, 2.24) is 14.9 Å². The van der Waals surface area contributed by atoms with Crippen molar-refractivity contribution in [3.8, 4) is 5.75 Å². The van der Waals surface area contributed by atoms with Gasteiger partial charge in [-0.15, -0.1) is 0 Å². The SMILES string of the molecule is COc1cccc(Cc2nc3c(c(=O)[nH]2)CN(C(=O)C(C)(C)C)CC3)c1. The van der Waals surface area contributed by atoms with Crippen LogP contribution in [0.25, 0.3) is 0 Å². The van der Waals surface area contributed by atoms with Gasteiger partial charge in [-0.1, -0.05) is 32.9 Å². The van der Waals surface area contributed by atoms with Crippen molar-refractivity contribution >= 4 is 5.91 Å². The standard InChI is InChI=1S/C20H25N3O3/c1-20(2,3)19(25)23-9-8-16-15(12-23)18(24)22-17(21-16)11-13-6-5-7-14(10-13)26-4/h5-7,10H,8-9,11-12H2,1-4H3,(H,21,22,24). The quantitative estimate of drug-likeness (QED) is 0.917. The van der Waals surface area contributed by atoms with Crippen molar-refractivity contribution in [3.05, 3.63) is 57.3 Å². The fraction of sp³-hybridized carbons (Fsp3) is 0.450. The first-order chi connectivity index (χ1) is 12.3. The Morgan fingerprint density at radius 2 is 2.12 bits per heavy atom. The number of hydrogen-bond acceptors (Lipinski definition) is 4. The van der Waals surface area contributed by atoms with Crippen LogP contribution in [0.2, 0.25) is 0 Å². The van der Waals surface area contributed by atoms with Crippen molar-refractivity contribution < 1.29 is 9.53 Å². The number of ether oxygens (including phenoxy) is 1. The first kappa shape index (κ1) is 18.2. The smallest absolute Gasteiger partial charge is 0.256 e. The van der Waals surface area contributed by atoms with E-state index in [4.69, 9.17) is 4.74 Å². The molecule has 0 bridgehead atoms. The van der Waals surface area contributed by atoms with Crippen molar-refractivity contribution in [1.29, 1.82) is 0 Å². The molecular formula is C20H25N3O3. The molecule has 3 rings (SSSR count). The molecule has 0 atom stereocenters. The number of rotatable bonds is 3. The third-order valence-electron chi connectivity index (χ3n) is 4.55. The van der Waals surface area contributed by atoms with Crippen LogP contribution in [-0.2, 0) is 24.2 Å². The maximum atomic E-state index is 12.6. The Balaban J connectivity index is 1.83. The molecule has 26 heavy (non-hydrogen) atoms. The molecule has 2 aromatic rings. The lowest BCUT2D eigenvalue weighted by Crippen LogP contribution is -2.44. The molecule has 1 aliphatic heterocycles. The minimum absolute atomic E-state index is 0.0583. The molecule has 0 aliphatic carbocycles. The van der Waals surface area contributed by atoms with E-state index in [0.29, 0.717) is 37.3 Å². The summed E-state index contributed by atoms with van der Waals surface area (Å²) in [6, 6.07) is 7.71. The monoisotopic (exact) mass is 355 g/mol. The summed E-state index contributed by atoms with van der Waals surface area (Å²) in [6.45, 7) is 6.60. The van der Waals surface area contributed by atoms with E-state index in [2.05, 4.69) is 9.97 Å². The molecule has 1 amide bonds. The van der Waals surface area contributed by atoms with Crippen LogP contribution in [-0.4, -0.2) is 34.4 Å². The third-order valence-corrected chi connectivity index (χ3v) is 4.55. The van der Waals surface area contributed by atoms with Gasteiger partial charge in [0, 0.05) is 24.8 Å². The number of nitrogens with one attached hydrogen (secondary N) is 1. The number of benzene rings is 1. The summed E-state index contributed by atoms with van der Waals surface area (Å²) in [5.74, 6) is 1.47. The van der Waals surface area contributed by atoms with Gasteiger partial charge in [0.1, 0.15) is 11.6 Å². The average Bonchev–Trinajstić information content (AvgIpc) is 2.60. The first-order valence-electron chi connectivity index (χ1n) is 8.81. The Bertz CT molecular complexity index is 881. The van der Waals surface area contributed by atoms with Gasteiger partial charge < -0.3 is 14.6 Å². The maximum absolute atomic E-state index is 12.6. The number of fused-ring (bicyclic) bond motifs is 1. The van der Waals surface area contributed by atoms with Crippen LogP contribution in [0.15, 0.2) is 29.1 Å². The Labute approximate surface area is 153 Å². The predicted molar refractivity (Wildman–Crippen MR) is 99.2 cm³/mol. The lowest BCUT2D eigenvalue weighted by atomic mass is 9.93. The molecule has 0 spiro atoms. The van der Waals surface area contributed by atoms with E-state index in [1.807, 2.05) is 45.0 Å². The molecule has 1 aliphatic rings. The fourth-order valence-corrected chi connectivity index (χ4v) is 3.18. The molecule has 1 aromatic heterocycles. The Morgan fingerprint density at radius 3 is 2.81 bits per heavy atom. The summed E-state index contributed by atoms with van der Waals surface area (Å²) in [7, 11) is 1.63. The zero-order chi connectivity index (χ0) is 18.9. The predicted octanol–water partition coefficient (Wildman–Crippen LogP) is 2.30. The Kier molecular flexibility index (Phi) is 4.85. The van der Waals surface area contributed by atoms with E-state index in [-0.39, 0.29) is 11.5 Å². The maximum Gasteiger partial charge on any atom is 0.256 e. The van der Waals surface area contributed by atoms with E-state index in [9.17, 15) is 9.59 Å². The zero-order valence-corrected chi connectivity index (χ0v) is 15.8. The Morgan fingerprint density at radius 1 is 1.35 bits per heavy atom. The molecule has 0 saturated carbocycles. The largest absolute Gasteiger partial charge is 0.497 e. The summed E-state index contributed by atoms with van der Waals surface area (Å²) in [6.07, 6.45) is 1.14. The second kappa shape index (κ2) is 6.94. The molecule has 1 N–H and O–H groups in total. The van der Waals surface area contributed by atoms with Gasteiger partial charge in [0.15, 0.2) is 0 Å². The molecule has 0 saturated heterocycles. The molecule has 6 heteroatoms. The number of carbonyl (C=O) groups excluding carboxylic acids is 1. The second-order valence-corrected chi connectivity index (χ2v) is 7.69. The van der Waals surface area contributed by atoms with Gasteiger partial charge in [0.2, 0.25) is 5.91 Å². The molecule has 1 aromatic carbocycles. The number of aromatic amines is 1. The third kappa shape index (κ3) is 3.79. The van der Waals surface area contributed by atoms with Crippen molar-refractivity contribution in [2.45, 2.75) is 40.2 Å². The van der Waals surface area contributed by atoms with E-state index in [0.717, 1.165) is 17.0 Å². The molecule has 0 radical (unpaired) electrons. The minimum atomic E-state index is -0.454. The van der Waals surface area contributed by atoms with Crippen molar-refractivity contribution in [2.75, 3.05) is 13.7 Å². The number of methoxy groups -OCH3 is 1. The van der Waals surface area contributed by atoms with Crippen LogP contribution in [0.4, 0.5) is 0 Å². The van der Waals surface area contributed by atoms with Gasteiger partial charge in [-0.2, -0.15) is 0 Å². The fourth-order valence-electron chi connectivity index (χ4n) is 3.18. The van der Waals surface area contributed by atoms with Gasteiger partial charge in [0.05, 0.1) is 24.9 Å². The first-order valence-corrected chi connectivity index (χ1v) is 8.81. The molecule has 6 nitrogen and oxygen atoms in total. The van der Waals surface area contributed by atoms with E-state index >= 15 is 0 Å². The lowest BCUT2D eigenvalue weighted by molar-refractivity contribution is -0.140. The van der Waals surface area contributed by atoms with Crippen LogP contribution in [0, 0.1) is 5.41 Å². The number of nitrogens with zero attached hydrogens (tertiary/aromatic N) is 2. The van der Waals surface area contributed by atoms with Gasteiger partial charge in [-0.05, 0) is 17.7 Å². The van der Waals surface area contributed by atoms with Crippen LogP contribution < -0.4 is 10.3 Å². The van der Waals surface area contributed by atoms with Gasteiger partial charge >= 0.3 is 0 Å². The molecular weight excluding hydrogens is 330 g/mol. The highest BCUT2D eigenvalue weighted by molar-refractivity contribution is 5.81. The second-order valence-electron chi connectivity index (χ2n) is 7.69. The van der Waals surface area contributed by atoms with Crippen molar-refractivity contribution in [3.63, 3.8) is 0 Å². The number of carbonyl (C=O) groups is 1. The minimum Gasteiger partial charge on any atom is -0.497 e. The van der Waals surface area contributed by atoms with Crippen LogP contribution in [0.5, 0.6) is 5.75 Å². The highest BCUT2D eigenvalue weighted by atomic mass is 16.5. The molecule has 2 heterocycles. The average molecular weight is 355 g/mol. The summed E-state index contributed by atoms with van der Waals surface area (Å²) < 4.78 is 5.24. The Hall–Kier alpha value is -2.63. The summed E-state index contributed by atoms with van der Waals surface area (Å²) in [5, 5.41) is 0. The van der Waals surface area contributed by atoms with Crippen LogP contribution in [0.1, 0.15) is 43.4 Å². The molecule has 0 unspecified atom stereocenters. The van der Waals surface area contributed by atoms with Crippen LogP contribution in [0.3, 0.4) is 0 Å². The van der Waals surface area contributed by atoms with Crippen LogP contribution >= 0.6 is 0 Å². The van der Waals surface area contributed by atoms with Gasteiger partial charge in [-0.25, -0.2) is 4.98 Å². The molecule has 138 valence electrons. The lowest BCUT2D eigenvalue weighted by Gasteiger charge is -2.32. The van der Waals surface area contributed by atoms with Gasteiger partial charge in [-0.3, -0.25) is 9.59 Å². The summed E-state index contributed by atoms with van der Waals surface area (Å²) >= 11 is 0. The number of hydrogen-bond donors (Lipinski definition) is 1. The van der Waals surface area contributed by atoms with Crippen molar-refractivity contribution in [2.24, 2.45) is 5.41 Å². The zero-order valence-electron chi connectivity index (χ0n) is 15.8. The number of aromatic nitrogens is 2. The highest BCUT2D eigenvalue weighted by Gasteiger charge is 2.31. The topological polar surface area (TPSA) is 75.3 Å². The number of amides is 1. The summed E-state index contributed by atoms with van der Waals surface area (Å²) in [5.41, 5.74) is 1.81. The summed E-state index contributed by atoms with van der Waals surface area (Å²) in [4.78, 5) is 34.3. The van der Waals surface area contributed by atoms with Gasteiger partial charge in [0.25, 0.3) is 5.56 Å². The normalized spacial score (nSPS) is 14.1. The highest BCUT2D eigenvalue weighted by Crippen LogP contribution is 2.22. The van der Waals surface area contributed by atoms with E-state index in [1.165, 1.54) is 0 Å².